The van der Waals surface area contributed by atoms with Gasteiger partial charge in [-0.05, 0) is 30.6 Å². The molecule has 0 aromatic carbocycles. The predicted octanol–water partition coefficient (Wildman–Crippen LogP) is 4.86. The maximum atomic E-state index is 6.42. The van der Waals surface area contributed by atoms with E-state index in [0.29, 0.717) is 11.3 Å². The third-order valence-electron chi connectivity index (χ3n) is 3.68. The van der Waals surface area contributed by atoms with Crippen LogP contribution in [0.3, 0.4) is 0 Å². The molecule has 1 fully saturated rings. The van der Waals surface area contributed by atoms with Crippen molar-refractivity contribution in [3.8, 4) is 0 Å². The Balaban J connectivity index is 2.28. The molecular formula is C13H25Cl. The van der Waals surface area contributed by atoms with Gasteiger partial charge in [0.25, 0.3) is 0 Å². The largest absolute Gasteiger partial charge is 0.122 e. The van der Waals surface area contributed by atoms with Crippen molar-refractivity contribution in [1.82, 2.24) is 0 Å². The van der Waals surface area contributed by atoms with Gasteiger partial charge >= 0.3 is 0 Å². The molecule has 0 amide bonds. The van der Waals surface area contributed by atoms with E-state index in [1.54, 1.807) is 0 Å². The number of alkyl halides is 1. The lowest BCUT2D eigenvalue weighted by Gasteiger charge is -2.32. The van der Waals surface area contributed by atoms with Gasteiger partial charge in [-0.25, -0.2) is 0 Å². The summed E-state index contributed by atoms with van der Waals surface area (Å²) in [4.78, 5) is 0. The normalized spacial score (nSPS) is 30.6. The van der Waals surface area contributed by atoms with Crippen LogP contribution in [0, 0.1) is 17.8 Å². The standard InChI is InChI=1S/C13H25Cl/c1-4-5-11-6-8-12(9-7-11)13(14)10(2)3/h10-13H,4-9H2,1-3H3. The first kappa shape index (κ1) is 12.4. The first-order chi connectivity index (χ1) is 6.65. The summed E-state index contributed by atoms with van der Waals surface area (Å²) in [6, 6.07) is 0. The van der Waals surface area contributed by atoms with Crippen LogP contribution in [0.1, 0.15) is 59.3 Å². The maximum absolute atomic E-state index is 6.42. The molecular weight excluding hydrogens is 192 g/mol. The summed E-state index contributed by atoms with van der Waals surface area (Å²) in [6.07, 6.45) is 8.38. The summed E-state index contributed by atoms with van der Waals surface area (Å²) < 4.78 is 0. The van der Waals surface area contributed by atoms with E-state index in [1.165, 1.54) is 38.5 Å². The monoisotopic (exact) mass is 216 g/mol. The van der Waals surface area contributed by atoms with Crippen LogP contribution in [0.4, 0.5) is 0 Å². The van der Waals surface area contributed by atoms with E-state index in [2.05, 4.69) is 20.8 Å². The molecule has 0 spiro atoms. The molecule has 1 aliphatic rings. The first-order valence-corrected chi connectivity index (χ1v) is 6.72. The van der Waals surface area contributed by atoms with Crippen molar-refractivity contribution in [1.29, 1.82) is 0 Å². The molecule has 14 heavy (non-hydrogen) atoms. The van der Waals surface area contributed by atoms with Gasteiger partial charge in [-0.15, -0.1) is 11.6 Å². The van der Waals surface area contributed by atoms with Crippen LogP contribution in [0.2, 0.25) is 0 Å². The molecule has 0 heterocycles. The van der Waals surface area contributed by atoms with Crippen LogP contribution in [0.25, 0.3) is 0 Å². The van der Waals surface area contributed by atoms with Gasteiger partial charge < -0.3 is 0 Å². The van der Waals surface area contributed by atoms with Gasteiger partial charge in [0, 0.05) is 5.38 Å². The molecule has 1 saturated carbocycles. The summed E-state index contributed by atoms with van der Waals surface area (Å²) >= 11 is 6.42. The molecule has 1 atom stereocenters. The van der Waals surface area contributed by atoms with Crippen LogP contribution < -0.4 is 0 Å². The Kier molecular flexibility index (Phi) is 5.30. The van der Waals surface area contributed by atoms with E-state index in [9.17, 15) is 0 Å². The molecule has 0 radical (unpaired) electrons. The Labute approximate surface area is 94.4 Å². The van der Waals surface area contributed by atoms with Gasteiger partial charge in [-0.1, -0.05) is 46.5 Å². The van der Waals surface area contributed by atoms with Crippen molar-refractivity contribution in [3.05, 3.63) is 0 Å². The van der Waals surface area contributed by atoms with Gasteiger partial charge in [0.1, 0.15) is 0 Å². The minimum absolute atomic E-state index is 0.414. The van der Waals surface area contributed by atoms with Gasteiger partial charge in [0.15, 0.2) is 0 Å². The molecule has 0 saturated heterocycles. The number of hydrogen-bond acceptors (Lipinski definition) is 0. The van der Waals surface area contributed by atoms with E-state index in [4.69, 9.17) is 11.6 Å². The van der Waals surface area contributed by atoms with Crippen LogP contribution in [-0.4, -0.2) is 5.38 Å². The molecule has 1 rings (SSSR count). The lowest BCUT2D eigenvalue weighted by Crippen LogP contribution is -2.25. The highest BCUT2D eigenvalue weighted by atomic mass is 35.5. The average Bonchev–Trinajstić information content (AvgIpc) is 2.18. The van der Waals surface area contributed by atoms with Crippen LogP contribution in [0.5, 0.6) is 0 Å². The topological polar surface area (TPSA) is 0 Å². The smallest absolute Gasteiger partial charge is 0.0387 e. The van der Waals surface area contributed by atoms with Crippen molar-refractivity contribution in [2.24, 2.45) is 17.8 Å². The Morgan fingerprint density at radius 3 is 2.14 bits per heavy atom. The molecule has 1 unspecified atom stereocenters. The SMILES string of the molecule is CCCC1CCC(C(Cl)C(C)C)CC1. The summed E-state index contributed by atoms with van der Waals surface area (Å²) in [5, 5.41) is 0.414. The third-order valence-corrected chi connectivity index (χ3v) is 4.54. The zero-order chi connectivity index (χ0) is 10.6. The van der Waals surface area contributed by atoms with Crippen molar-refractivity contribution < 1.29 is 0 Å². The molecule has 1 aliphatic carbocycles. The minimum atomic E-state index is 0.414. The Morgan fingerprint density at radius 1 is 1.14 bits per heavy atom. The summed E-state index contributed by atoms with van der Waals surface area (Å²) in [7, 11) is 0. The van der Waals surface area contributed by atoms with E-state index in [1.807, 2.05) is 0 Å². The maximum Gasteiger partial charge on any atom is 0.0387 e. The highest BCUT2D eigenvalue weighted by molar-refractivity contribution is 6.20. The van der Waals surface area contributed by atoms with Gasteiger partial charge in [-0.2, -0.15) is 0 Å². The van der Waals surface area contributed by atoms with Gasteiger partial charge in [0.2, 0.25) is 0 Å². The molecule has 0 bridgehead atoms. The molecule has 0 aromatic rings. The molecule has 0 N–H and O–H groups in total. The van der Waals surface area contributed by atoms with Gasteiger partial charge in [-0.3, -0.25) is 0 Å². The van der Waals surface area contributed by atoms with Crippen molar-refractivity contribution >= 4 is 11.6 Å². The Bertz CT molecular complexity index is 145. The van der Waals surface area contributed by atoms with E-state index >= 15 is 0 Å². The fourth-order valence-electron chi connectivity index (χ4n) is 2.75. The number of rotatable bonds is 4. The molecule has 1 heteroatoms. The second kappa shape index (κ2) is 6.00. The fourth-order valence-corrected chi connectivity index (χ4v) is 3.00. The molecule has 0 aliphatic heterocycles. The third kappa shape index (κ3) is 3.46. The molecule has 84 valence electrons. The number of hydrogen-bond donors (Lipinski definition) is 0. The fraction of sp³-hybridized carbons (Fsp3) is 1.00. The quantitative estimate of drug-likeness (QED) is 0.589. The second-order valence-corrected chi connectivity index (χ2v) is 5.76. The Morgan fingerprint density at radius 2 is 1.71 bits per heavy atom. The van der Waals surface area contributed by atoms with Crippen molar-refractivity contribution in [3.63, 3.8) is 0 Å². The summed E-state index contributed by atoms with van der Waals surface area (Å²) in [5.41, 5.74) is 0. The van der Waals surface area contributed by atoms with E-state index in [0.717, 1.165) is 11.8 Å². The molecule has 0 aromatic heterocycles. The highest BCUT2D eigenvalue weighted by Gasteiger charge is 2.27. The lowest BCUT2D eigenvalue weighted by molar-refractivity contribution is 0.239. The van der Waals surface area contributed by atoms with Crippen LogP contribution in [-0.2, 0) is 0 Å². The predicted molar refractivity (Wildman–Crippen MR) is 64.8 cm³/mol. The van der Waals surface area contributed by atoms with E-state index < -0.39 is 0 Å². The van der Waals surface area contributed by atoms with Crippen LogP contribution in [0.15, 0.2) is 0 Å². The summed E-state index contributed by atoms with van der Waals surface area (Å²) in [5.74, 6) is 2.45. The highest BCUT2D eigenvalue weighted by Crippen LogP contribution is 2.36. The number of halogens is 1. The first-order valence-electron chi connectivity index (χ1n) is 6.29. The van der Waals surface area contributed by atoms with Crippen LogP contribution >= 0.6 is 11.6 Å². The van der Waals surface area contributed by atoms with E-state index in [-0.39, 0.29) is 0 Å². The average molecular weight is 217 g/mol. The zero-order valence-electron chi connectivity index (χ0n) is 9.93. The molecule has 0 nitrogen and oxygen atoms in total. The van der Waals surface area contributed by atoms with Crippen molar-refractivity contribution in [2.45, 2.75) is 64.7 Å². The second-order valence-electron chi connectivity index (χ2n) is 5.26. The minimum Gasteiger partial charge on any atom is -0.122 e. The Hall–Kier alpha value is 0.290. The van der Waals surface area contributed by atoms with Gasteiger partial charge in [0.05, 0.1) is 0 Å². The zero-order valence-corrected chi connectivity index (χ0v) is 10.7. The lowest BCUT2D eigenvalue weighted by atomic mass is 9.77. The summed E-state index contributed by atoms with van der Waals surface area (Å²) in [6.45, 7) is 6.79. The van der Waals surface area contributed by atoms with Crippen molar-refractivity contribution in [2.75, 3.05) is 0 Å².